The summed E-state index contributed by atoms with van der Waals surface area (Å²) in [6.07, 6.45) is 5.85. The van der Waals surface area contributed by atoms with Gasteiger partial charge in [0.05, 0.1) is 19.3 Å². The van der Waals surface area contributed by atoms with Crippen molar-refractivity contribution in [3.8, 4) is 0 Å². The van der Waals surface area contributed by atoms with E-state index in [0.29, 0.717) is 6.54 Å². The largest absolute Gasteiger partial charge is 0.481 e. The zero-order valence-corrected chi connectivity index (χ0v) is 12.0. The monoisotopic (exact) mass is 284 g/mol. The van der Waals surface area contributed by atoms with E-state index in [0.717, 1.165) is 19.3 Å². The quantitative estimate of drug-likeness (QED) is 0.711. The van der Waals surface area contributed by atoms with Gasteiger partial charge in [-0.15, -0.1) is 0 Å². The zero-order valence-electron chi connectivity index (χ0n) is 12.0. The minimum atomic E-state index is -0.923. The predicted octanol–water partition coefficient (Wildman–Crippen LogP) is 1.36. The van der Waals surface area contributed by atoms with E-state index in [2.05, 4.69) is 17.6 Å². The molecule has 6 nitrogen and oxygen atoms in total. The van der Waals surface area contributed by atoms with Crippen molar-refractivity contribution in [2.45, 2.75) is 45.1 Å². The fraction of sp³-hybridized carbons (Fsp3) is 0.857. The van der Waals surface area contributed by atoms with Crippen LogP contribution in [0.5, 0.6) is 0 Å². The number of carboxylic acids is 1. The summed E-state index contributed by atoms with van der Waals surface area (Å²) < 4.78 is 5.13. The van der Waals surface area contributed by atoms with Gasteiger partial charge < -0.3 is 20.5 Å². The van der Waals surface area contributed by atoms with Gasteiger partial charge in [0.25, 0.3) is 0 Å². The fourth-order valence-electron chi connectivity index (χ4n) is 3.21. The van der Waals surface area contributed by atoms with Crippen molar-refractivity contribution in [2.24, 2.45) is 11.3 Å². The molecule has 1 saturated heterocycles. The van der Waals surface area contributed by atoms with Crippen LogP contribution in [0.25, 0.3) is 0 Å². The molecule has 1 saturated carbocycles. The van der Waals surface area contributed by atoms with Crippen LogP contribution in [0.2, 0.25) is 0 Å². The Morgan fingerprint density at radius 1 is 1.30 bits per heavy atom. The minimum Gasteiger partial charge on any atom is -0.481 e. The van der Waals surface area contributed by atoms with E-state index in [4.69, 9.17) is 9.84 Å². The highest BCUT2D eigenvalue weighted by Gasteiger charge is 2.36. The Morgan fingerprint density at radius 2 is 2.00 bits per heavy atom. The smallest absolute Gasteiger partial charge is 0.315 e. The first-order chi connectivity index (χ1) is 9.56. The summed E-state index contributed by atoms with van der Waals surface area (Å²) in [6.45, 7) is 3.26. The number of hydrogen-bond acceptors (Lipinski definition) is 3. The number of aliphatic carboxylic acids is 1. The maximum atomic E-state index is 11.9. The van der Waals surface area contributed by atoms with E-state index in [1.165, 1.54) is 12.8 Å². The van der Waals surface area contributed by atoms with E-state index in [1.807, 2.05) is 0 Å². The number of carbonyl (C=O) groups is 2. The van der Waals surface area contributed by atoms with Gasteiger partial charge in [-0.1, -0.05) is 19.8 Å². The summed E-state index contributed by atoms with van der Waals surface area (Å²) >= 11 is 0. The normalized spacial score (nSPS) is 28.2. The highest BCUT2D eigenvalue weighted by Crippen LogP contribution is 2.40. The number of ether oxygens (including phenoxy) is 1. The third kappa shape index (κ3) is 3.42. The minimum absolute atomic E-state index is 0.166. The molecule has 1 aliphatic heterocycles. The van der Waals surface area contributed by atoms with Crippen LogP contribution in [0, 0.1) is 11.3 Å². The van der Waals surface area contributed by atoms with Crippen LogP contribution in [-0.2, 0) is 9.53 Å². The fourth-order valence-corrected chi connectivity index (χ4v) is 3.21. The molecule has 0 bridgehead atoms. The second-order valence-corrected chi connectivity index (χ2v) is 5.98. The molecule has 0 aromatic rings. The van der Waals surface area contributed by atoms with Crippen molar-refractivity contribution in [3.05, 3.63) is 0 Å². The lowest BCUT2D eigenvalue weighted by Gasteiger charge is -2.28. The third-order valence-corrected chi connectivity index (χ3v) is 4.75. The highest BCUT2D eigenvalue weighted by molar-refractivity contribution is 5.77. The van der Waals surface area contributed by atoms with Crippen LogP contribution in [0.3, 0.4) is 0 Å². The summed E-state index contributed by atoms with van der Waals surface area (Å²) in [6, 6.07) is -0.722. The van der Waals surface area contributed by atoms with E-state index in [1.54, 1.807) is 0 Å². The van der Waals surface area contributed by atoms with Gasteiger partial charge in [0, 0.05) is 6.54 Å². The molecule has 2 unspecified atom stereocenters. The molecule has 3 N–H and O–H groups in total. The van der Waals surface area contributed by atoms with Crippen LogP contribution in [-0.4, -0.2) is 42.9 Å². The predicted molar refractivity (Wildman–Crippen MR) is 73.5 cm³/mol. The van der Waals surface area contributed by atoms with E-state index < -0.39 is 17.9 Å². The first-order valence-electron chi connectivity index (χ1n) is 7.41. The molecule has 2 fully saturated rings. The van der Waals surface area contributed by atoms with Gasteiger partial charge in [-0.3, -0.25) is 4.79 Å². The zero-order chi connectivity index (χ0) is 14.6. The molecule has 2 rings (SSSR count). The second-order valence-electron chi connectivity index (χ2n) is 5.98. The molecule has 6 heteroatoms. The van der Waals surface area contributed by atoms with Gasteiger partial charge in [-0.25, -0.2) is 4.79 Å². The number of carboxylic acid groups (broad SMARTS) is 1. The van der Waals surface area contributed by atoms with Gasteiger partial charge in [-0.2, -0.15) is 0 Å². The average molecular weight is 284 g/mol. The summed E-state index contributed by atoms with van der Waals surface area (Å²) in [4.78, 5) is 22.9. The summed E-state index contributed by atoms with van der Waals surface area (Å²) in [5.41, 5.74) is 0.232. The van der Waals surface area contributed by atoms with Crippen molar-refractivity contribution in [2.75, 3.05) is 19.8 Å². The maximum Gasteiger partial charge on any atom is 0.315 e. The molecule has 2 atom stereocenters. The van der Waals surface area contributed by atoms with E-state index >= 15 is 0 Å². The SMILES string of the molecule is CCC1(CNC(=O)NC2COCC2C(=O)O)CCCC1. The van der Waals surface area contributed by atoms with Crippen molar-refractivity contribution < 1.29 is 19.4 Å². The molecule has 2 aliphatic rings. The molecule has 0 aromatic heterocycles. The van der Waals surface area contributed by atoms with E-state index in [-0.39, 0.29) is 24.7 Å². The van der Waals surface area contributed by atoms with Gasteiger partial charge in [-0.05, 0) is 24.7 Å². The van der Waals surface area contributed by atoms with Crippen LogP contribution in [0.15, 0.2) is 0 Å². The Bertz CT molecular complexity index is 366. The first-order valence-corrected chi connectivity index (χ1v) is 7.41. The van der Waals surface area contributed by atoms with Crippen LogP contribution in [0.4, 0.5) is 4.79 Å². The molecule has 0 aromatic carbocycles. The van der Waals surface area contributed by atoms with Gasteiger partial charge in [0.1, 0.15) is 5.92 Å². The number of nitrogens with one attached hydrogen (secondary N) is 2. The molecular formula is C14H24N2O4. The van der Waals surface area contributed by atoms with E-state index in [9.17, 15) is 9.59 Å². The van der Waals surface area contributed by atoms with Crippen LogP contribution >= 0.6 is 0 Å². The molecule has 1 heterocycles. The number of rotatable bonds is 5. The van der Waals surface area contributed by atoms with Crippen molar-refractivity contribution in [1.82, 2.24) is 10.6 Å². The molecule has 0 radical (unpaired) electrons. The molecule has 114 valence electrons. The maximum absolute atomic E-state index is 11.9. The lowest BCUT2D eigenvalue weighted by Crippen LogP contribution is -2.49. The Hall–Kier alpha value is -1.30. The van der Waals surface area contributed by atoms with Crippen molar-refractivity contribution >= 4 is 12.0 Å². The lowest BCUT2D eigenvalue weighted by molar-refractivity contribution is -0.142. The number of amides is 2. The van der Waals surface area contributed by atoms with Gasteiger partial charge >= 0.3 is 12.0 Å². The van der Waals surface area contributed by atoms with Crippen LogP contribution in [0.1, 0.15) is 39.0 Å². The van der Waals surface area contributed by atoms with Crippen molar-refractivity contribution in [1.29, 1.82) is 0 Å². The Morgan fingerprint density at radius 3 is 2.60 bits per heavy atom. The molecular weight excluding hydrogens is 260 g/mol. The second kappa shape index (κ2) is 6.43. The standard InChI is InChI=1S/C14H24N2O4/c1-2-14(5-3-4-6-14)9-15-13(19)16-11-8-20-7-10(11)12(17)18/h10-11H,2-9H2,1H3,(H,17,18)(H2,15,16,19). The first kappa shape index (κ1) is 15.1. The molecule has 0 spiro atoms. The Kier molecular flexibility index (Phi) is 4.86. The molecule has 2 amide bonds. The molecule has 1 aliphatic carbocycles. The van der Waals surface area contributed by atoms with Crippen LogP contribution < -0.4 is 10.6 Å². The summed E-state index contributed by atoms with van der Waals surface area (Å²) in [5.74, 6) is -1.57. The molecule has 20 heavy (non-hydrogen) atoms. The Labute approximate surface area is 119 Å². The Balaban J connectivity index is 1.79. The lowest BCUT2D eigenvalue weighted by atomic mass is 9.83. The van der Waals surface area contributed by atoms with Gasteiger partial charge in [0.15, 0.2) is 0 Å². The highest BCUT2D eigenvalue weighted by atomic mass is 16.5. The number of hydrogen-bond donors (Lipinski definition) is 3. The summed E-state index contributed by atoms with van der Waals surface area (Å²) in [7, 11) is 0. The van der Waals surface area contributed by atoms with Gasteiger partial charge in [0.2, 0.25) is 0 Å². The number of urea groups is 1. The number of carbonyl (C=O) groups excluding carboxylic acids is 1. The average Bonchev–Trinajstić information content (AvgIpc) is 3.05. The third-order valence-electron chi connectivity index (χ3n) is 4.75. The van der Waals surface area contributed by atoms with Crippen molar-refractivity contribution in [3.63, 3.8) is 0 Å². The summed E-state index contributed by atoms with van der Waals surface area (Å²) in [5, 5.41) is 14.7. The topological polar surface area (TPSA) is 87.7 Å².